The summed E-state index contributed by atoms with van der Waals surface area (Å²) in [5.74, 6) is 2.23. The summed E-state index contributed by atoms with van der Waals surface area (Å²) >= 11 is 0. The van der Waals surface area contributed by atoms with Gasteiger partial charge < -0.3 is 28.8 Å². The SMILES string of the molecule is COc1cc(Nc2nc(-c3cnc4c(c3)CCCO4)cn3ccnc23)ccc1N1CCN(C2COC2)C(C)(C)C1. The van der Waals surface area contributed by atoms with Crippen LogP contribution in [0.3, 0.4) is 0 Å². The van der Waals surface area contributed by atoms with Gasteiger partial charge in [-0.2, -0.15) is 0 Å². The molecule has 1 N–H and O–H groups in total. The van der Waals surface area contributed by atoms with Crippen molar-refractivity contribution in [1.82, 2.24) is 24.3 Å². The van der Waals surface area contributed by atoms with Crippen molar-refractivity contribution in [2.75, 3.05) is 56.8 Å². The van der Waals surface area contributed by atoms with Crippen LogP contribution in [0.2, 0.25) is 0 Å². The molecule has 0 radical (unpaired) electrons. The number of benzene rings is 1. The Bertz CT molecular complexity index is 1550. The second-order valence-electron chi connectivity index (χ2n) is 11.4. The van der Waals surface area contributed by atoms with Gasteiger partial charge in [0.15, 0.2) is 11.5 Å². The van der Waals surface area contributed by atoms with E-state index in [2.05, 4.69) is 57.1 Å². The van der Waals surface area contributed by atoms with Crippen molar-refractivity contribution in [3.8, 4) is 22.9 Å². The molecule has 7 rings (SSSR count). The van der Waals surface area contributed by atoms with Gasteiger partial charge in [0.05, 0.1) is 44.4 Å². The third-order valence-electron chi connectivity index (χ3n) is 8.23. The molecule has 3 aliphatic heterocycles. The predicted molar refractivity (Wildman–Crippen MR) is 154 cm³/mol. The van der Waals surface area contributed by atoms with Gasteiger partial charge in [-0.25, -0.2) is 15.0 Å². The number of nitrogens with zero attached hydrogens (tertiary/aromatic N) is 6. The average Bonchev–Trinajstić information content (AvgIpc) is 3.42. The molecule has 10 nitrogen and oxygen atoms in total. The van der Waals surface area contributed by atoms with E-state index < -0.39 is 0 Å². The Morgan fingerprint density at radius 2 is 2.02 bits per heavy atom. The summed E-state index contributed by atoms with van der Waals surface area (Å²) in [6.45, 7) is 9.90. The number of piperazine rings is 1. The van der Waals surface area contributed by atoms with Gasteiger partial charge in [-0.15, -0.1) is 0 Å². The molecule has 10 heteroatoms. The number of aryl methyl sites for hydroxylation is 1. The van der Waals surface area contributed by atoms with E-state index in [0.29, 0.717) is 11.9 Å². The normalized spacial score (nSPS) is 19.1. The van der Waals surface area contributed by atoms with Crippen LogP contribution in [0, 0.1) is 0 Å². The quantitative estimate of drug-likeness (QED) is 0.386. The Morgan fingerprint density at radius 1 is 1.12 bits per heavy atom. The Hall–Kier alpha value is -3.89. The molecule has 0 unspecified atom stereocenters. The van der Waals surface area contributed by atoms with Crippen LogP contribution in [0.25, 0.3) is 16.9 Å². The van der Waals surface area contributed by atoms with Gasteiger partial charge in [-0.3, -0.25) is 4.90 Å². The third kappa shape index (κ3) is 4.50. The van der Waals surface area contributed by atoms with Gasteiger partial charge in [-0.05, 0) is 44.9 Å². The van der Waals surface area contributed by atoms with Crippen molar-refractivity contribution in [3.05, 3.63) is 54.6 Å². The molecule has 4 aromatic rings. The number of imidazole rings is 1. The zero-order valence-electron chi connectivity index (χ0n) is 23.3. The molecular formula is C30H35N7O3. The van der Waals surface area contributed by atoms with Crippen LogP contribution < -0.4 is 19.7 Å². The minimum absolute atomic E-state index is 0.0446. The average molecular weight is 542 g/mol. The summed E-state index contributed by atoms with van der Waals surface area (Å²) in [6, 6.07) is 8.92. The summed E-state index contributed by atoms with van der Waals surface area (Å²) in [6.07, 6.45) is 9.49. The maximum Gasteiger partial charge on any atom is 0.216 e. The van der Waals surface area contributed by atoms with Gasteiger partial charge in [-0.1, -0.05) is 0 Å². The first-order chi connectivity index (χ1) is 19.5. The van der Waals surface area contributed by atoms with E-state index in [0.717, 1.165) is 97.8 Å². The molecular weight excluding hydrogens is 506 g/mol. The third-order valence-corrected chi connectivity index (χ3v) is 8.23. The molecule has 0 saturated carbocycles. The summed E-state index contributed by atoms with van der Waals surface area (Å²) in [5, 5.41) is 3.50. The fraction of sp³-hybridized carbons (Fsp3) is 0.433. The van der Waals surface area contributed by atoms with Gasteiger partial charge >= 0.3 is 0 Å². The van der Waals surface area contributed by atoms with Crippen LogP contribution >= 0.6 is 0 Å². The Labute approximate surface area is 233 Å². The topological polar surface area (TPSA) is 89.3 Å². The van der Waals surface area contributed by atoms with Crippen LogP contribution in [-0.2, 0) is 11.2 Å². The van der Waals surface area contributed by atoms with E-state index in [-0.39, 0.29) is 5.54 Å². The van der Waals surface area contributed by atoms with Crippen LogP contribution in [0.4, 0.5) is 17.2 Å². The number of fused-ring (bicyclic) bond motifs is 2. The largest absolute Gasteiger partial charge is 0.495 e. The molecule has 3 aromatic heterocycles. The van der Waals surface area contributed by atoms with Crippen LogP contribution in [0.5, 0.6) is 11.6 Å². The molecule has 0 spiro atoms. The summed E-state index contributed by atoms with van der Waals surface area (Å²) in [4.78, 5) is 19.1. The molecule has 208 valence electrons. The van der Waals surface area contributed by atoms with Crippen molar-refractivity contribution in [1.29, 1.82) is 0 Å². The number of hydrogen-bond acceptors (Lipinski definition) is 9. The molecule has 2 saturated heterocycles. The van der Waals surface area contributed by atoms with Gasteiger partial charge in [0.2, 0.25) is 5.88 Å². The van der Waals surface area contributed by atoms with E-state index in [1.807, 2.05) is 29.1 Å². The van der Waals surface area contributed by atoms with Crippen molar-refractivity contribution < 1.29 is 14.2 Å². The molecule has 0 aliphatic carbocycles. The van der Waals surface area contributed by atoms with Crippen LogP contribution in [0.1, 0.15) is 25.8 Å². The highest BCUT2D eigenvalue weighted by Gasteiger charge is 2.40. The Morgan fingerprint density at radius 3 is 2.83 bits per heavy atom. The lowest BCUT2D eigenvalue weighted by Crippen LogP contribution is -2.66. The van der Waals surface area contributed by atoms with Crippen molar-refractivity contribution in [2.24, 2.45) is 0 Å². The first-order valence-corrected chi connectivity index (χ1v) is 14.0. The number of aromatic nitrogens is 4. The van der Waals surface area contributed by atoms with Crippen molar-refractivity contribution in [2.45, 2.75) is 38.3 Å². The van der Waals surface area contributed by atoms with Crippen LogP contribution in [0.15, 0.2) is 49.1 Å². The second-order valence-corrected chi connectivity index (χ2v) is 11.4. The number of nitrogens with one attached hydrogen (secondary N) is 1. The lowest BCUT2D eigenvalue weighted by atomic mass is 9.95. The van der Waals surface area contributed by atoms with Gasteiger partial charge in [0, 0.05) is 72.8 Å². The molecule has 2 fully saturated rings. The maximum atomic E-state index is 5.89. The summed E-state index contributed by atoms with van der Waals surface area (Å²) in [5.41, 5.74) is 5.66. The number of methoxy groups -OCH3 is 1. The lowest BCUT2D eigenvalue weighted by Gasteiger charge is -2.53. The van der Waals surface area contributed by atoms with Crippen LogP contribution in [-0.4, -0.2) is 82.4 Å². The minimum Gasteiger partial charge on any atom is -0.495 e. The molecule has 40 heavy (non-hydrogen) atoms. The lowest BCUT2D eigenvalue weighted by molar-refractivity contribution is -0.100. The Kier molecular flexibility index (Phi) is 6.24. The highest BCUT2D eigenvalue weighted by molar-refractivity contribution is 5.76. The van der Waals surface area contributed by atoms with E-state index in [1.165, 1.54) is 0 Å². The predicted octanol–water partition coefficient (Wildman–Crippen LogP) is 4.17. The number of rotatable bonds is 6. The second kappa shape index (κ2) is 9.94. The van der Waals surface area contributed by atoms with Gasteiger partial charge in [0.25, 0.3) is 0 Å². The molecule has 3 aliphatic rings. The monoisotopic (exact) mass is 541 g/mol. The van der Waals surface area contributed by atoms with E-state index in [9.17, 15) is 0 Å². The fourth-order valence-electron chi connectivity index (χ4n) is 6.14. The zero-order chi connectivity index (χ0) is 27.3. The van der Waals surface area contributed by atoms with E-state index in [4.69, 9.17) is 19.2 Å². The molecule has 0 amide bonds. The van der Waals surface area contributed by atoms with E-state index >= 15 is 0 Å². The number of hydrogen-bond donors (Lipinski definition) is 1. The van der Waals surface area contributed by atoms with E-state index in [1.54, 1.807) is 13.3 Å². The molecule has 0 bridgehead atoms. The van der Waals surface area contributed by atoms with Gasteiger partial charge in [0.1, 0.15) is 5.75 Å². The maximum absolute atomic E-state index is 5.89. The molecule has 0 atom stereocenters. The van der Waals surface area contributed by atoms with Crippen molar-refractivity contribution in [3.63, 3.8) is 0 Å². The number of ether oxygens (including phenoxy) is 3. The molecule has 1 aromatic carbocycles. The fourth-order valence-corrected chi connectivity index (χ4v) is 6.14. The minimum atomic E-state index is 0.0446. The highest BCUT2D eigenvalue weighted by atomic mass is 16.5. The van der Waals surface area contributed by atoms with Crippen molar-refractivity contribution >= 4 is 22.8 Å². The summed E-state index contributed by atoms with van der Waals surface area (Å²) < 4.78 is 19.0. The standard InChI is InChI=1S/C30H35N7O3/c1-30(2)19-36(10-11-37(30)23-17-39-18-23)25-7-6-22(14-26(25)38-3)33-27-28-31-8-9-35(28)16-24(34-27)21-13-20-5-4-12-40-29(20)32-15-21/h6-9,13-16,23H,4-5,10-12,17-19H2,1-3H3,(H,33,34). The first-order valence-electron chi connectivity index (χ1n) is 14.0. The highest BCUT2D eigenvalue weighted by Crippen LogP contribution is 2.37. The number of pyridine rings is 1. The Balaban J connectivity index is 1.16. The smallest absolute Gasteiger partial charge is 0.216 e. The summed E-state index contributed by atoms with van der Waals surface area (Å²) in [7, 11) is 1.73. The first kappa shape index (κ1) is 25.1. The number of anilines is 3. The zero-order valence-corrected chi connectivity index (χ0v) is 23.3. The molecule has 6 heterocycles.